The Kier molecular flexibility index (Phi) is 3.04. The maximum atomic E-state index is 10.4. The van der Waals surface area contributed by atoms with E-state index in [1.807, 2.05) is 19.2 Å². The van der Waals surface area contributed by atoms with Crippen LogP contribution >= 0.6 is 0 Å². The lowest BCUT2D eigenvalue weighted by atomic mass is 10.1. The van der Waals surface area contributed by atoms with Crippen molar-refractivity contribution in [3.05, 3.63) is 35.5 Å². The molecule has 0 aliphatic rings. The second-order valence-corrected chi connectivity index (χ2v) is 4.12. The summed E-state index contributed by atoms with van der Waals surface area (Å²) in [7, 11) is 2.03. The van der Waals surface area contributed by atoms with Crippen LogP contribution in [-0.4, -0.2) is 22.3 Å². The standard InChI is InChI=1S/C13H16N2O2/c1-9-10(7-8-14-13(16)17)11-5-3-4-6-12(11)15(9)2/h3-6,14H,7-8H2,1-2H3,(H,16,17). The highest BCUT2D eigenvalue weighted by molar-refractivity contribution is 5.85. The molecule has 4 heteroatoms. The van der Waals surface area contributed by atoms with Crippen molar-refractivity contribution in [3.8, 4) is 0 Å². The molecule has 0 spiro atoms. The van der Waals surface area contributed by atoms with Gasteiger partial charge in [0.2, 0.25) is 0 Å². The highest BCUT2D eigenvalue weighted by Gasteiger charge is 2.10. The first-order chi connectivity index (χ1) is 8.11. The zero-order valence-electron chi connectivity index (χ0n) is 10.0. The van der Waals surface area contributed by atoms with E-state index in [-0.39, 0.29) is 0 Å². The zero-order chi connectivity index (χ0) is 12.4. The van der Waals surface area contributed by atoms with E-state index in [0.717, 1.165) is 6.42 Å². The highest BCUT2D eigenvalue weighted by atomic mass is 16.4. The van der Waals surface area contributed by atoms with Gasteiger partial charge in [0.05, 0.1) is 0 Å². The topological polar surface area (TPSA) is 54.3 Å². The van der Waals surface area contributed by atoms with Crippen LogP contribution in [0.25, 0.3) is 10.9 Å². The Hall–Kier alpha value is -1.97. The lowest BCUT2D eigenvalue weighted by Crippen LogP contribution is -2.23. The Morgan fingerprint density at radius 2 is 2.12 bits per heavy atom. The van der Waals surface area contributed by atoms with Gasteiger partial charge in [-0.2, -0.15) is 0 Å². The molecule has 0 saturated heterocycles. The number of benzene rings is 1. The summed E-state index contributed by atoms with van der Waals surface area (Å²) in [6.07, 6.45) is -0.248. The molecule has 0 fully saturated rings. The lowest BCUT2D eigenvalue weighted by Gasteiger charge is -2.02. The maximum absolute atomic E-state index is 10.4. The van der Waals surface area contributed by atoms with Crippen LogP contribution in [0.5, 0.6) is 0 Å². The van der Waals surface area contributed by atoms with Crippen molar-refractivity contribution in [2.75, 3.05) is 6.54 Å². The van der Waals surface area contributed by atoms with Gasteiger partial charge in [-0.1, -0.05) is 18.2 Å². The SMILES string of the molecule is Cc1c(CCNC(=O)O)c2ccccc2n1C. The van der Waals surface area contributed by atoms with Crippen molar-refractivity contribution in [1.29, 1.82) is 0 Å². The number of para-hydroxylation sites is 1. The van der Waals surface area contributed by atoms with E-state index in [9.17, 15) is 4.79 Å². The van der Waals surface area contributed by atoms with Gasteiger partial charge in [0.15, 0.2) is 0 Å². The molecular weight excluding hydrogens is 216 g/mol. The normalized spacial score (nSPS) is 10.7. The van der Waals surface area contributed by atoms with Crippen molar-refractivity contribution in [1.82, 2.24) is 9.88 Å². The monoisotopic (exact) mass is 232 g/mol. The second-order valence-electron chi connectivity index (χ2n) is 4.12. The summed E-state index contributed by atoms with van der Waals surface area (Å²) in [4.78, 5) is 10.4. The number of fused-ring (bicyclic) bond motifs is 1. The average molecular weight is 232 g/mol. The van der Waals surface area contributed by atoms with Gasteiger partial charge in [0, 0.05) is 30.2 Å². The Morgan fingerprint density at radius 1 is 1.41 bits per heavy atom. The predicted molar refractivity (Wildman–Crippen MR) is 67.4 cm³/mol. The van der Waals surface area contributed by atoms with Gasteiger partial charge >= 0.3 is 6.09 Å². The molecule has 0 bridgehead atoms. The van der Waals surface area contributed by atoms with Gasteiger partial charge in [-0.15, -0.1) is 0 Å². The molecule has 2 rings (SSSR count). The summed E-state index contributed by atoms with van der Waals surface area (Å²) in [5, 5.41) is 12.2. The fraction of sp³-hybridized carbons (Fsp3) is 0.308. The fourth-order valence-corrected chi connectivity index (χ4v) is 2.21. The molecule has 1 aromatic heterocycles. The number of hydrogen-bond acceptors (Lipinski definition) is 1. The number of carboxylic acid groups (broad SMARTS) is 1. The summed E-state index contributed by atoms with van der Waals surface area (Å²) >= 11 is 0. The van der Waals surface area contributed by atoms with Crippen LogP contribution in [0.1, 0.15) is 11.3 Å². The number of nitrogens with one attached hydrogen (secondary N) is 1. The lowest BCUT2D eigenvalue weighted by molar-refractivity contribution is 0.194. The largest absolute Gasteiger partial charge is 0.465 e. The minimum absolute atomic E-state index is 0.449. The molecule has 4 nitrogen and oxygen atoms in total. The minimum atomic E-state index is -0.970. The predicted octanol–water partition coefficient (Wildman–Crippen LogP) is 2.30. The van der Waals surface area contributed by atoms with Crippen LogP contribution in [0.4, 0.5) is 4.79 Å². The molecular formula is C13H16N2O2. The number of nitrogens with zero attached hydrogens (tertiary/aromatic N) is 1. The summed E-state index contributed by atoms with van der Waals surface area (Å²) in [6.45, 7) is 2.51. The molecule has 0 aliphatic heterocycles. The van der Waals surface area contributed by atoms with E-state index < -0.39 is 6.09 Å². The average Bonchev–Trinajstić information content (AvgIpc) is 2.54. The number of amides is 1. The van der Waals surface area contributed by atoms with Crippen LogP contribution in [0.15, 0.2) is 24.3 Å². The van der Waals surface area contributed by atoms with E-state index >= 15 is 0 Å². The quantitative estimate of drug-likeness (QED) is 0.853. The van der Waals surface area contributed by atoms with E-state index in [4.69, 9.17) is 5.11 Å². The molecule has 2 N–H and O–H groups in total. The first kappa shape index (κ1) is 11.5. The molecule has 0 atom stereocenters. The van der Waals surface area contributed by atoms with Crippen molar-refractivity contribution in [2.24, 2.45) is 7.05 Å². The van der Waals surface area contributed by atoms with Gasteiger partial charge in [0.1, 0.15) is 0 Å². The number of rotatable bonds is 3. The minimum Gasteiger partial charge on any atom is -0.465 e. The van der Waals surface area contributed by atoms with Crippen LogP contribution in [0.2, 0.25) is 0 Å². The third-order valence-corrected chi connectivity index (χ3v) is 3.18. The molecule has 1 aromatic carbocycles. The number of aromatic nitrogens is 1. The smallest absolute Gasteiger partial charge is 0.404 e. The van der Waals surface area contributed by atoms with E-state index in [2.05, 4.69) is 28.9 Å². The van der Waals surface area contributed by atoms with Gasteiger partial charge in [-0.25, -0.2) is 4.79 Å². The molecule has 0 saturated carbocycles. The van der Waals surface area contributed by atoms with Crippen LogP contribution in [0, 0.1) is 6.92 Å². The Bertz CT molecular complexity index is 558. The van der Waals surface area contributed by atoms with Gasteiger partial charge in [-0.05, 0) is 25.0 Å². The molecule has 0 aliphatic carbocycles. The molecule has 1 heterocycles. The van der Waals surface area contributed by atoms with E-state index in [1.165, 1.54) is 22.2 Å². The Balaban J connectivity index is 2.33. The zero-order valence-corrected chi connectivity index (χ0v) is 10.0. The fourth-order valence-electron chi connectivity index (χ4n) is 2.21. The molecule has 17 heavy (non-hydrogen) atoms. The van der Waals surface area contributed by atoms with E-state index in [1.54, 1.807) is 0 Å². The Labute approximate surface area is 99.9 Å². The van der Waals surface area contributed by atoms with Crippen molar-refractivity contribution in [2.45, 2.75) is 13.3 Å². The van der Waals surface area contributed by atoms with Crippen LogP contribution in [-0.2, 0) is 13.5 Å². The van der Waals surface area contributed by atoms with Gasteiger partial charge < -0.3 is 15.0 Å². The molecule has 0 radical (unpaired) electrons. The molecule has 2 aromatic rings. The first-order valence-corrected chi connectivity index (χ1v) is 5.61. The van der Waals surface area contributed by atoms with Gasteiger partial charge in [-0.3, -0.25) is 0 Å². The third-order valence-electron chi connectivity index (χ3n) is 3.18. The van der Waals surface area contributed by atoms with Gasteiger partial charge in [0.25, 0.3) is 0 Å². The van der Waals surface area contributed by atoms with E-state index in [0.29, 0.717) is 6.54 Å². The number of aryl methyl sites for hydroxylation is 1. The summed E-state index contributed by atoms with van der Waals surface area (Å²) < 4.78 is 2.14. The van der Waals surface area contributed by atoms with Crippen LogP contribution in [0.3, 0.4) is 0 Å². The molecule has 90 valence electrons. The second kappa shape index (κ2) is 4.49. The third kappa shape index (κ3) is 2.11. The van der Waals surface area contributed by atoms with Crippen LogP contribution < -0.4 is 5.32 Å². The first-order valence-electron chi connectivity index (χ1n) is 5.61. The number of hydrogen-bond donors (Lipinski definition) is 2. The van der Waals surface area contributed by atoms with Crippen molar-refractivity contribution in [3.63, 3.8) is 0 Å². The summed E-state index contributed by atoms with van der Waals surface area (Å²) in [6, 6.07) is 8.19. The Morgan fingerprint density at radius 3 is 2.82 bits per heavy atom. The molecule has 0 unspecified atom stereocenters. The molecule has 1 amide bonds. The maximum Gasteiger partial charge on any atom is 0.404 e. The van der Waals surface area contributed by atoms with Crippen molar-refractivity contribution >= 4 is 17.0 Å². The summed E-state index contributed by atoms with van der Waals surface area (Å²) in [5.41, 5.74) is 3.60. The highest BCUT2D eigenvalue weighted by Crippen LogP contribution is 2.24. The number of carbonyl (C=O) groups is 1. The van der Waals surface area contributed by atoms with Crippen molar-refractivity contribution < 1.29 is 9.90 Å². The summed E-state index contributed by atoms with van der Waals surface area (Å²) in [5.74, 6) is 0.